The quantitative estimate of drug-likeness (QED) is 0.708. The molecule has 0 aliphatic rings. The molecule has 0 fully saturated rings. The maximum atomic E-state index is 12.4. The molecule has 0 radical (unpaired) electrons. The van der Waals surface area contributed by atoms with Crippen molar-refractivity contribution in [2.45, 2.75) is 0 Å². The molecule has 0 spiro atoms. The summed E-state index contributed by atoms with van der Waals surface area (Å²) in [5.41, 5.74) is 0.520. The van der Waals surface area contributed by atoms with Gasteiger partial charge in [0.1, 0.15) is 11.5 Å². The third kappa shape index (κ3) is 4.30. The van der Waals surface area contributed by atoms with E-state index in [0.29, 0.717) is 17.1 Å². The van der Waals surface area contributed by atoms with Gasteiger partial charge >= 0.3 is 5.97 Å². The molecule has 0 bridgehead atoms. The lowest BCUT2D eigenvalue weighted by Gasteiger charge is -2.10. The lowest BCUT2D eigenvalue weighted by atomic mass is 10.1. The zero-order valence-corrected chi connectivity index (χ0v) is 14.0. The van der Waals surface area contributed by atoms with Crippen LogP contribution in [-0.2, 0) is 0 Å². The van der Waals surface area contributed by atoms with Crippen LogP contribution in [0, 0.1) is 11.3 Å². The summed E-state index contributed by atoms with van der Waals surface area (Å²) in [4.78, 5) is 23.8. The number of nitrogens with one attached hydrogen (secondary N) is 1. The van der Waals surface area contributed by atoms with Crippen LogP contribution in [0.3, 0.4) is 0 Å². The molecule has 0 saturated carbocycles. The number of para-hydroxylation sites is 1. The molecule has 0 atom stereocenters. The van der Waals surface area contributed by atoms with Crippen LogP contribution < -0.4 is 10.1 Å². The van der Waals surface area contributed by atoms with E-state index in [4.69, 9.17) is 10.00 Å². The molecule has 2 N–H and O–H groups in total. The number of carboxylic acids is 1. The van der Waals surface area contributed by atoms with Crippen molar-refractivity contribution in [3.05, 3.63) is 89.5 Å². The predicted molar refractivity (Wildman–Crippen MR) is 99.0 cm³/mol. The normalized spacial score (nSPS) is 9.89. The van der Waals surface area contributed by atoms with Crippen molar-refractivity contribution in [2.24, 2.45) is 0 Å². The van der Waals surface area contributed by atoms with Crippen molar-refractivity contribution in [1.29, 1.82) is 5.26 Å². The highest BCUT2D eigenvalue weighted by atomic mass is 16.5. The second-order valence-electron chi connectivity index (χ2n) is 5.57. The van der Waals surface area contributed by atoms with Crippen LogP contribution in [0.4, 0.5) is 5.69 Å². The van der Waals surface area contributed by atoms with E-state index in [-0.39, 0.29) is 16.8 Å². The number of ether oxygens (including phenoxy) is 1. The molecule has 1 amide bonds. The number of nitriles is 1. The minimum Gasteiger partial charge on any atom is -0.478 e. The molecule has 0 aromatic heterocycles. The van der Waals surface area contributed by atoms with E-state index in [2.05, 4.69) is 5.32 Å². The Morgan fingerprint density at radius 2 is 1.59 bits per heavy atom. The third-order valence-corrected chi connectivity index (χ3v) is 3.72. The Balaban J connectivity index is 1.75. The predicted octanol–water partition coefficient (Wildman–Crippen LogP) is 4.30. The van der Waals surface area contributed by atoms with Gasteiger partial charge in [-0.05, 0) is 54.6 Å². The Hall–Kier alpha value is -4.11. The maximum Gasteiger partial charge on any atom is 0.337 e. The van der Waals surface area contributed by atoms with E-state index >= 15 is 0 Å². The Bertz CT molecular complexity index is 1020. The largest absolute Gasteiger partial charge is 0.478 e. The van der Waals surface area contributed by atoms with Crippen LogP contribution in [-0.4, -0.2) is 17.0 Å². The van der Waals surface area contributed by atoms with Gasteiger partial charge in [-0.1, -0.05) is 18.2 Å². The van der Waals surface area contributed by atoms with Crippen molar-refractivity contribution >= 4 is 17.6 Å². The number of rotatable bonds is 5. The highest BCUT2D eigenvalue weighted by molar-refractivity contribution is 6.07. The summed E-state index contributed by atoms with van der Waals surface area (Å²) in [6.45, 7) is 0. The number of nitrogens with zero attached hydrogens (tertiary/aromatic N) is 1. The summed E-state index contributed by atoms with van der Waals surface area (Å²) in [6, 6.07) is 21.6. The van der Waals surface area contributed by atoms with Crippen LogP contribution in [0.25, 0.3) is 0 Å². The molecule has 132 valence electrons. The molecule has 0 aliphatic heterocycles. The fraction of sp³-hybridized carbons (Fsp3) is 0. The van der Waals surface area contributed by atoms with Crippen molar-refractivity contribution in [1.82, 2.24) is 0 Å². The van der Waals surface area contributed by atoms with Gasteiger partial charge in [0.05, 0.1) is 22.9 Å². The molecular weight excluding hydrogens is 344 g/mol. The highest BCUT2D eigenvalue weighted by Gasteiger charge is 2.14. The third-order valence-electron chi connectivity index (χ3n) is 3.72. The molecule has 0 aliphatic carbocycles. The lowest BCUT2D eigenvalue weighted by molar-refractivity contribution is 0.0698. The Morgan fingerprint density at radius 1 is 0.926 bits per heavy atom. The standard InChI is InChI=1S/C21H14N2O4/c22-13-14-6-11-19(18(12-14)21(25)26)23-20(24)15-7-9-17(10-8-15)27-16-4-2-1-3-5-16/h1-12H,(H,23,24)(H,25,26). The van der Waals surface area contributed by atoms with Crippen LogP contribution in [0.2, 0.25) is 0 Å². The number of amides is 1. The Kier molecular flexibility index (Phi) is 5.15. The fourth-order valence-electron chi connectivity index (χ4n) is 2.39. The van der Waals surface area contributed by atoms with E-state index in [9.17, 15) is 14.7 Å². The average molecular weight is 358 g/mol. The molecule has 3 aromatic carbocycles. The summed E-state index contributed by atoms with van der Waals surface area (Å²) in [7, 11) is 0. The van der Waals surface area contributed by atoms with Crippen LogP contribution in [0.1, 0.15) is 26.3 Å². The van der Waals surface area contributed by atoms with Crippen molar-refractivity contribution < 1.29 is 19.4 Å². The number of benzene rings is 3. The van der Waals surface area contributed by atoms with Gasteiger partial charge in [0, 0.05) is 5.56 Å². The highest BCUT2D eigenvalue weighted by Crippen LogP contribution is 2.22. The smallest absolute Gasteiger partial charge is 0.337 e. The summed E-state index contributed by atoms with van der Waals surface area (Å²) in [5, 5.41) is 20.7. The number of hydrogen-bond donors (Lipinski definition) is 2. The van der Waals surface area contributed by atoms with Crippen LogP contribution in [0.5, 0.6) is 11.5 Å². The van der Waals surface area contributed by atoms with Crippen molar-refractivity contribution in [2.75, 3.05) is 5.32 Å². The second-order valence-corrected chi connectivity index (χ2v) is 5.57. The molecule has 3 rings (SSSR count). The van der Waals surface area contributed by atoms with E-state index < -0.39 is 11.9 Å². The first-order valence-corrected chi connectivity index (χ1v) is 7.98. The van der Waals surface area contributed by atoms with Crippen molar-refractivity contribution in [3.63, 3.8) is 0 Å². The summed E-state index contributed by atoms with van der Waals surface area (Å²) >= 11 is 0. The topological polar surface area (TPSA) is 99.4 Å². The molecular formula is C21H14N2O4. The van der Waals surface area contributed by atoms with Crippen LogP contribution in [0.15, 0.2) is 72.8 Å². The maximum absolute atomic E-state index is 12.4. The first-order chi connectivity index (χ1) is 13.1. The molecule has 0 heterocycles. The van der Waals surface area contributed by atoms with Gasteiger partial charge in [0.2, 0.25) is 0 Å². The Labute approximate surface area is 155 Å². The second kappa shape index (κ2) is 7.85. The van der Waals surface area contributed by atoms with Gasteiger partial charge in [0.15, 0.2) is 0 Å². The molecule has 6 heteroatoms. The number of hydrogen-bond acceptors (Lipinski definition) is 4. The zero-order chi connectivity index (χ0) is 19.2. The molecule has 0 saturated heterocycles. The summed E-state index contributed by atoms with van der Waals surface area (Å²) in [5.74, 6) is -0.441. The van der Waals surface area contributed by atoms with E-state index in [0.717, 1.165) is 0 Å². The fourth-order valence-corrected chi connectivity index (χ4v) is 2.39. The number of anilines is 1. The number of carbonyl (C=O) groups excluding carboxylic acids is 1. The number of carbonyl (C=O) groups is 2. The molecule has 3 aromatic rings. The molecule has 27 heavy (non-hydrogen) atoms. The van der Waals surface area contributed by atoms with Crippen molar-refractivity contribution in [3.8, 4) is 17.6 Å². The first kappa shape index (κ1) is 17.7. The van der Waals surface area contributed by atoms with Gasteiger partial charge in [-0.15, -0.1) is 0 Å². The molecule has 6 nitrogen and oxygen atoms in total. The van der Waals surface area contributed by atoms with Gasteiger partial charge in [-0.3, -0.25) is 4.79 Å². The summed E-state index contributed by atoms with van der Waals surface area (Å²) in [6.07, 6.45) is 0. The monoisotopic (exact) mass is 358 g/mol. The van der Waals surface area contributed by atoms with Crippen LogP contribution >= 0.6 is 0 Å². The lowest BCUT2D eigenvalue weighted by Crippen LogP contribution is -2.15. The minimum atomic E-state index is -1.23. The number of carboxylic acid groups (broad SMARTS) is 1. The average Bonchev–Trinajstić information content (AvgIpc) is 2.69. The summed E-state index contributed by atoms with van der Waals surface area (Å²) < 4.78 is 5.67. The Morgan fingerprint density at radius 3 is 2.22 bits per heavy atom. The number of aromatic carboxylic acids is 1. The minimum absolute atomic E-state index is 0.121. The zero-order valence-electron chi connectivity index (χ0n) is 14.0. The van der Waals surface area contributed by atoms with E-state index in [1.165, 1.54) is 18.2 Å². The van der Waals surface area contributed by atoms with E-state index in [1.807, 2.05) is 36.4 Å². The first-order valence-electron chi connectivity index (χ1n) is 7.98. The van der Waals surface area contributed by atoms with Gasteiger partial charge < -0.3 is 15.2 Å². The van der Waals surface area contributed by atoms with Gasteiger partial charge in [-0.2, -0.15) is 5.26 Å². The van der Waals surface area contributed by atoms with Gasteiger partial charge in [0.25, 0.3) is 5.91 Å². The van der Waals surface area contributed by atoms with Gasteiger partial charge in [-0.25, -0.2) is 4.79 Å². The molecule has 0 unspecified atom stereocenters. The van der Waals surface area contributed by atoms with E-state index in [1.54, 1.807) is 24.3 Å². The SMILES string of the molecule is N#Cc1ccc(NC(=O)c2ccc(Oc3ccccc3)cc2)c(C(=O)O)c1.